The molecule has 25 heavy (non-hydrogen) atoms. The van der Waals surface area contributed by atoms with Crippen LogP contribution in [0.3, 0.4) is 0 Å². The zero-order valence-corrected chi connectivity index (χ0v) is 14.1. The van der Waals surface area contributed by atoms with Crippen molar-refractivity contribution in [3.05, 3.63) is 35.4 Å². The third-order valence-corrected chi connectivity index (χ3v) is 5.83. The smallest absolute Gasteiger partial charge is 0.248 e. The maximum Gasteiger partial charge on any atom is 0.248 e. The number of hydrogen-bond donors (Lipinski definition) is 0. The van der Waals surface area contributed by atoms with Crippen LogP contribution in [-0.4, -0.2) is 47.2 Å². The van der Waals surface area contributed by atoms with E-state index in [1.807, 2.05) is 23.1 Å². The standard InChI is InChI=1S/C19H22F2N2O2/c20-19(21)8-5-14(6-9-19)18(25)22-11-16-15-4-2-1-3-13(15)7-10-23(16)17(24)12-22/h1-4,14,16H,5-12H2. The SMILES string of the molecule is O=C(C1CCC(F)(F)CC1)N1CC(=O)N2CCc3ccccc3C2C1. The second-order valence-electron chi connectivity index (χ2n) is 7.40. The van der Waals surface area contributed by atoms with Crippen molar-refractivity contribution in [2.75, 3.05) is 19.6 Å². The first-order chi connectivity index (χ1) is 11.9. The molecule has 6 heteroatoms. The van der Waals surface area contributed by atoms with Crippen LogP contribution >= 0.6 is 0 Å². The van der Waals surface area contributed by atoms with Crippen molar-refractivity contribution in [3.8, 4) is 0 Å². The molecule has 2 fully saturated rings. The third-order valence-electron chi connectivity index (χ3n) is 5.83. The number of fused-ring (bicyclic) bond motifs is 3. The molecule has 2 aliphatic heterocycles. The van der Waals surface area contributed by atoms with Gasteiger partial charge in [-0.2, -0.15) is 0 Å². The van der Waals surface area contributed by atoms with Crippen LogP contribution < -0.4 is 0 Å². The molecule has 1 aliphatic carbocycles. The highest BCUT2D eigenvalue weighted by molar-refractivity contribution is 5.87. The average molecular weight is 348 g/mol. The van der Waals surface area contributed by atoms with Gasteiger partial charge in [-0.05, 0) is 30.4 Å². The molecule has 1 unspecified atom stereocenters. The molecule has 1 aromatic carbocycles. The third kappa shape index (κ3) is 3.02. The number of halogens is 2. The maximum atomic E-state index is 13.3. The number of amides is 2. The van der Waals surface area contributed by atoms with Gasteiger partial charge in [0.25, 0.3) is 0 Å². The Kier molecular flexibility index (Phi) is 4.01. The van der Waals surface area contributed by atoms with Gasteiger partial charge in [-0.25, -0.2) is 8.78 Å². The molecule has 0 bridgehead atoms. The number of alkyl halides is 2. The Morgan fingerprint density at radius 3 is 2.64 bits per heavy atom. The topological polar surface area (TPSA) is 40.6 Å². The number of rotatable bonds is 1. The number of carbonyl (C=O) groups is 2. The highest BCUT2D eigenvalue weighted by Crippen LogP contribution is 2.38. The Morgan fingerprint density at radius 1 is 1.16 bits per heavy atom. The number of nitrogens with zero attached hydrogens (tertiary/aromatic N) is 2. The molecule has 4 nitrogen and oxygen atoms in total. The number of carbonyl (C=O) groups excluding carboxylic acids is 2. The molecule has 4 rings (SSSR count). The van der Waals surface area contributed by atoms with Crippen molar-refractivity contribution in [3.63, 3.8) is 0 Å². The van der Waals surface area contributed by atoms with Gasteiger partial charge in [-0.15, -0.1) is 0 Å². The van der Waals surface area contributed by atoms with Crippen molar-refractivity contribution in [1.82, 2.24) is 9.80 Å². The summed E-state index contributed by atoms with van der Waals surface area (Å²) in [7, 11) is 0. The Balaban J connectivity index is 1.52. The van der Waals surface area contributed by atoms with E-state index in [2.05, 4.69) is 6.07 Å². The van der Waals surface area contributed by atoms with Gasteiger partial charge in [-0.1, -0.05) is 24.3 Å². The minimum atomic E-state index is -2.65. The van der Waals surface area contributed by atoms with E-state index in [9.17, 15) is 18.4 Å². The summed E-state index contributed by atoms with van der Waals surface area (Å²) in [4.78, 5) is 28.8. The molecule has 3 aliphatic rings. The normalized spacial score (nSPS) is 26.2. The van der Waals surface area contributed by atoms with Gasteiger partial charge in [-0.3, -0.25) is 9.59 Å². The fourth-order valence-electron chi connectivity index (χ4n) is 4.39. The van der Waals surface area contributed by atoms with E-state index in [1.54, 1.807) is 4.90 Å². The summed E-state index contributed by atoms with van der Waals surface area (Å²) < 4.78 is 26.7. The zero-order valence-electron chi connectivity index (χ0n) is 14.1. The minimum Gasteiger partial charge on any atom is -0.332 e. The molecule has 0 aromatic heterocycles. The van der Waals surface area contributed by atoms with E-state index in [-0.39, 0.29) is 56.0 Å². The van der Waals surface area contributed by atoms with Crippen LogP contribution in [0.2, 0.25) is 0 Å². The second kappa shape index (κ2) is 6.07. The molecule has 1 saturated carbocycles. The van der Waals surface area contributed by atoms with Gasteiger partial charge < -0.3 is 9.80 Å². The van der Waals surface area contributed by atoms with Gasteiger partial charge in [0.2, 0.25) is 17.7 Å². The monoisotopic (exact) mass is 348 g/mol. The minimum absolute atomic E-state index is 0.0414. The van der Waals surface area contributed by atoms with Crippen molar-refractivity contribution in [2.45, 2.75) is 44.1 Å². The maximum absolute atomic E-state index is 13.3. The summed E-state index contributed by atoms with van der Waals surface area (Å²) in [6, 6.07) is 7.93. The van der Waals surface area contributed by atoms with Gasteiger partial charge in [0.15, 0.2) is 0 Å². The summed E-state index contributed by atoms with van der Waals surface area (Å²) in [6.07, 6.45) is 0.792. The highest BCUT2D eigenvalue weighted by Gasteiger charge is 2.42. The Labute approximate surface area is 145 Å². The fraction of sp³-hybridized carbons (Fsp3) is 0.579. The van der Waals surface area contributed by atoms with Crippen LogP contribution in [-0.2, 0) is 16.0 Å². The van der Waals surface area contributed by atoms with Crippen LogP contribution in [0.15, 0.2) is 24.3 Å². The van der Waals surface area contributed by atoms with Gasteiger partial charge in [0.05, 0.1) is 12.6 Å². The van der Waals surface area contributed by atoms with Crippen LogP contribution in [0.4, 0.5) is 8.78 Å². The Hall–Kier alpha value is -1.98. The Bertz CT molecular complexity index is 696. The van der Waals surface area contributed by atoms with Gasteiger partial charge >= 0.3 is 0 Å². The predicted molar refractivity (Wildman–Crippen MR) is 88.1 cm³/mol. The Morgan fingerprint density at radius 2 is 1.88 bits per heavy atom. The molecule has 0 radical (unpaired) electrons. The van der Waals surface area contributed by atoms with Gasteiger partial charge in [0, 0.05) is 31.8 Å². The summed E-state index contributed by atoms with van der Waals surface area (Å²) in [6.45, 7) is 1.22. The molecular formula is C19H22F2N2O2. The lowest BCUT2D eigenvalue weighted by atomic mass is 9.85. The van der Waals surface area contributed by atoms with E-state index in [0.29, 0.717) is 13.1 Å². The largest absolute Gasteiger partial charge is 0.332 e. The van der Waals surface area contributed by atoms with Crippen molar-refractivity contribution in [2.24, 2.45) is 5.92 Å². The van der Waals surface area contributed by atoms with E-state index in [0.717, 1.165) is 12.0 Å². The second-order valence-corrected chi connectivity index (χ2v) is 7.40. The molecule has 2 heterocycles. The van der Waals surface area contributed by atoms with E-state index < -0.39 is 5.92 Å². The van der Waals surface area contributed by atoms with Crippen LogP contribution in [0, 0.1) is 5.92 Å². The molecule has 134 valence electrons. The number of hydrogen-bond acceptors (Lipinski definition) is 2. The summed E-state index contributed by atoms with van der Waals surface area (Å²) in [5.41, 5.74) is 2.33. The molecule has 1 atom stereocenters. The summed E-state index contributed by atoms with van der Waals surface area (Å²) in [5, 5.41) is 0. The van der Waals surface area contributed by atoms with Crippen LogP contribution in [0.1, 0.15) is 42.9 Å². The van der Waals surface area contributed by atoms with Crippen LogP contribution in [0.25, 0.3) is 0 Å². The van der Waals surface area contributed by atoms with E-state index in [1.165, 1.54) is 5.56 Å². The lowest BCUT2D eigenvalue weighted by Crippen LogP contribution is -2.56. The lowest BCUT2D eigenvalue weighted by Gasteiger charge is -2.45. The fourth-order valence-corrected chi connectivity index (χ4v) is 4.39. The number of benzene rings is 1. The van der Waals surface area contributed by atoms with E-state index in [4.69, 9.17) is 0 Å². The highest BCUT2D eigenvalue weighted by atomic mass is 19.3. The zero-order chi connectivity index (χ0) is 17.6. The molecule has 1 aromatic rings. The summed E-state index contributed by atoms with van der Waals surface area (Å²) >= 11 is 0. The molecule has 0 spiro atoms. The molecule has 2 amide bonds. The molecule has 0 N–H and O–H groups in total. The van der Waals surface area contributed by atoms with Crippen molar-refractivity contribution in [1.29, 1.82) is 0 Å². The number of piperazine rings is 1. The van der Waals surface area contributed by atoms with E-state index >= 15 is 0 Å². The molecule has 1 saturated heterocycles. The quantitative estimate of drug-likeness (QED) is 0.783. The lowest BCUT2D eigenvalue weighted by molar-refractivity contribution is -0.153. The van der Waals surface area contributed by atoms with Gasteiger partial charge in [0.1, 0.15) is 0 Å². The molecular weight excluding hydrogens is 326 g/mol. The average Bonchev–Trinajstić information content (AvgIpc) is 2.61. The first kappa shape index (κ1) is 16.5. The first-order valence-corrected chi connectivity index (χ1v) is 8.98. The van der Waals surface area contributed by atoms with Crippen molar-refractivity contribution < 1.29 is 18.4 Å². The first-order valence-electron chi connectivity index (χ1n) is 8.98. The predicted octanol–water partition coefficient (Wildman–Crippen LogP) is 2.78. The van der Waals surface area contributed by atoms with Crippen molar-refractivity contribution >= 4 is 11.8 Å². The van der Waals surface area contributed by atoms with Crippen LogP contribution in [0.5, 0.6) is 0 Å². The summed E-state index contributed by atoms with van der Waals surface area (Å²) in [5.74, 6) is -3.20.